The molecule has 10 heteroatoms. The van der Waals surface area contributed by atoms with Crippen LogP contribution in [0.25, 0.3) is 0 Å². The number of amides is 2. The van der Waals surface area contributed by atoms with E-state index in [1.165, 1.54) is 35.2 Å². The van der Waals surface area contributed by atoms with E-state index in [-0.39, 0.29) is 29.0 Å². The number of benzene rings is 3. The summed E-state index contributed by atoms with van der Waals surface area (Å²) in [4.78, 5) is 28.1. The van der Waals surface area contributed by atoms with Gasteiger partial charge in [0, 0.05) is 17.6 Å². The molecule has 0 aliphatic rings. The summed E-state index contributed by atoms with van der Waals surface area (Å²) in [7, 11) is -4.33. The first-order valence-corrected chi connectivity index (χ1v) is 14.8. The molecule has 7 nitrogen and oxygen atoms in total. The molecule has 1 atom stereocenters. The number of nitrogens with zero attached hydrogens (tertiary/aromatic N) is 2. The van der Waals surface area contributed by atoms with Gasteiger partial charge >= 0.3 is 0 Å². The Morgan fingerprint density at radius 2 is 1.56 bits per heavy atom. The van der Waals surface area contributed by atoms with E-state index >= 15 is 0 Å². The molecular formula is C29H33BrFN3O4S. The number of rotatable bonds is 11. The van der Waals surface area contributed by atoms with Crippen LogP contribution in [0, 0.1) is 18.7 Å². The largest absolute Gasteiger partial charge is 0.354 e. The first kappa shape index (κ1) is 30.3. The molecule has 2 amide bonds. The van der Waals surface area contributed by atoms with Crippen molar-refractivity contribution < 1.29 is 22.4 Å². The molecule has 1 N–H and O–H groups in total. The Balaban J connectivity index is 2.02. The van der Waals surface area contributed by atoms with Crippen molar-refractivity contribution in [2.75, 3.05) is 17.4 Å². The van der Waals surface area contributed by atoms with Gasteiger partial charge in [0.1, 0.15) is 18.4 Å². The third-order valence-electron chi connectivity index (χ3n) is 6.13. The Labute approximate surface area is 238 Å². The molecule has 0 heterocycles. The van der Waals surface area contributed by atoms with E-state index in [2.05, 4.69) is 21.2 Å². The van der Waals surface area contributed by atoms with Crippen molar-refractivity contribution in [2.24, 2.45) is 5.92 Å². The third kappa shape index (κ3) is 7.89. The van der Waals surface area contributed by atoms with Crippen LogP contribution in [0.3, 0.4) is 0 Å². The van der Waals surface area contributed by atoms with Gasteiger partial charge in [-0.3, -0.25) is 13.9 Å². The number of sulfonamides is 1. The van der Waals surface area contributed by atoms with Crippen molar-refractivity contribution in [2.45, 2.75) is 45.2 Å². The predicted octanol–water partition coefficient (Wildman–Crippen LogP) is 5.28. The van der Waals surface area contributed by atoms with E-state index in [4.69, 9.17) is 0 Å². The zero-order valence-corrected chi connectivity index (χ0v) is 24.8. The van der Waals surface area contributed by atoms with Gasteiger partial charge in [-0.1, -0.05) is 71.7 Å². The average molecular weight is 619 g/mol. The Morgan fingerprint density at radius 1 is 0.949 bits per heavy atom. The molecule has 0 radical (unpaired) electrons. The lowest BCUT2D eigenvalue weighted by molar-refractivity contribution is -0.139. The van der Waals surface area contributed by atoms with Crippen LogP contribution >= 0.6 is 15.9 Å². The van der Waals surface area contributed by atoms with Crippen molar-refractivity contribution in [1.29, 1.82) is 0 Å². The van der Waals surface area contributed by atoms with Crippen LogP contribution in [0.5, 0.6) is 0 Å². The van der Waals surface area contributed by atoms with Crippen LogP contribution in [0.1, 0.15) is 31.9 Å². The van der Waals surface area contributed by atoms with Crippen LogP contribution in [0.4, 0.5) is 10.1 Å². The van der Waals surface area contributed by atoms with Gasteiger partial charge < -0.3 is 10.2 Å². The van der Waals surface area contributed by atoms with Crippen molar-refractivity contribution in [3.63, 3.8) is 0 Å². The number of carbonyl (C=O) groups is 2. The highest BCUT2D eigenvalue weighted by Crippen LogP contribution is 2.27. The molecule has 3 rings (SSSR count). The Kier molecular flexibility index (Phi) is 10.3. The van der Waals surface area contributed by atoms with Crippen molar-refractivity contribution in [3.8, 4) is 0 Å². The van der Waals surface area contributed by atoms with Crippen LogP contribution in [-0.2, 0) is 26.2 Å². The van der Waals surface area contributed by atoms with Gasteiger partial charge in [-0.2, -0.15) is 0 Å². The van der Waals surface area contributed by atoms with Gasteiger partial charge in [0.25, 0.3) is 10.0 Å². The zero-order valence-electron chi connectivity index (χ0n) is 22.4. The topological polar surface area (TPSA) is 86.8 Å². The number of hydrogen-bond acceptors (Lipinski definition) is 4. The fourth-order valence-corrected chi connectivity index (χ4v) is 5.51. The molecule has 3 aromatic rings. The van der Waals surface area contributed by atoms with Gasteiger partial charge in [-0.05, 0) is 61.7 Å². The number of nitrogens with one attached hydrogen (secondary N) is 1. The summed E-state index contributed by atoms with van der Waals surface area (Å²) in [5, 5.41) is 2.84. The molecule has 0 saturated heterocycles. The normalized spacial score (nSPS) is 12.2. The standard InChI is InChI=1S/C29H33BrFN3O4S/c1-20(2)17-32-29(36)22(4)33(18-23-11-13-24(30)14-12-23)28(35)19-34(27-8-6-5-7-26(27)31)39(37,38)25-15-9-21(3)10-16-25/h5-16,20,22H,17-19H2,1-4H3,(H,32,36). The molecule has 0 aliphatic heterocycles. The van der Waals surface area contributed by atoms with Gasteiger partial charge in [-0.15, -0.1) is 0 Å². The molecule has 0 spiro atoms. The SMILES string of the molecule is Cc1ccc(S(=O)(=O)N(CC(=O)N(Cc2ccc(Br)cc2)C(C)C(=O)NCC(C)C)c2ccccc2F)cc1. The van der Waals surface area contributed by atoms with Crippen LogP contribution in [0.2, 0.25) is 0 Å². The maximum atomic E-state index is 14.9. The second-order valence-electron chi connectivity index (χ2n) is 9.74. The molecule has 1 unspecified atom stereocenters. The molecule has 208 valence electrons. The molecule has 39 heavy (non-hydrogen) atoms. The molecule has 0 fully saturated rings. The summed E-state index contributed by atoms with van der Waals surface area (Å²) in [6.07, 6.45) is 0. The molecule has 0 aromatic heterocycles. The van der Waals surface area contributed by atoms with Crippen LogP contribution in [-0.4, -0.2) is 44.3 Å². The second-order valence-corrected chi connectivity index (χ2v) is 12.5. The van der Waals surface area contributed by atoms with Crippen LogP contribution in [0.15, 0.2) is 82.2 Å². The fraction of sp³-hybridized carbons (Fsp3) is 0.310. The predicted molar refractivity (Wildman–Crippen MR) is 154 cm³/mol. The molecule has 3 aromatic carbocycles. The van der Waals surface area contributed by atoms with Gasteiger partial charge in [0.05, 0.1) is 10.6 Å². The summed E-state index contributed by atoms with van der Waals surface area (Å²) in [5.74, 6) is -1.60. The Bertz CT molecular complexity index is 1400. The minimum absolute atomic E-state index is 0.0536. The number of carbonyl (C=O) groups excluding carboxylic acids is 2. The number of halogens is 2. The molecular weight excluding hydrogens is 585 g/mol. The lowest BCUT2D eigenvalue weighted by atomic mass is 10.1. The smallest absolute Gasteiger partial charge is 0.264 e. The van der Waals surface area contributed by atoms with E-state index < -0.39 is 34.3 Å². The Hall–Kier alpha value is -3.24. The van der Waals surface area contributed by atoms with Crippen molar-refractivity contribution in [3.05, 3.63) is 94.2 Å². The van der Waals surface area contributed by atoms with Gasteiger partial charge in [0.2, 0.25) is 11.8 Å². The van der Waals surface area contributed by atoms with E-state index in [0.29, 0.717) is 6.54 Å². The Morgan fingerprint density at radius 3 is 2.15 bits per heavy atom. The van der Waals surface area contributed by atoms with Gasteiger partial charge in [-0.25, -0.2) is 12.8 Å². The maximum absolute atomic E-state index is 14.9. The highest BCUT2D eigenvalue weighted by atomic mass is 79.9. The van der Waals surface area contributed by atoms with Gasteiger partial charge in [0.15, 0.2) is 0 Å². The van der Waals surface area contributed by atoms with E-state index in [9.17, 15) is 22.4 Å². The van der Waals surface area contributed by atoms with Crippen LogP contribution < -0.4 is 9.62 Å². The second kappa shape index (κ2) is 13.2. The minimum Gasteiger partial charge on any atom is -0.354 e. The average Bonchev–Trinajstić information content (AvgIpc) is 2.90. The van der Waals surface area contributed by atoms with E-state index in [1.54, 1.807) is 31.2 Å². The third-order valence-corrected chi connectivity index (χ3v) is 8.43. The van der Waals surface area contributed by atoms with Crippen molar-refractivity contribution in [1.82, 2.24) is 10.2 Å². The fourth-order valence-electron chi connectivity index (χ4n) is 3.83. The summed E-state index contributed by atoms with van der Waals surface area (Å²) in [6.45, 7) is 7.10. The highest BCUT2D eigenvalue weighted by molar-refractivity contribution is 9.10. The molecule has 0 saturated carbocycles. The number of aryl methyl sites for hydroxylation is 1. The maximum Gasteiger partial charge on any atom is 0.264 e. The summed E-state index contributed by atoms with van der Waals surface area (Å²) >= 11 is 3.39. The number of para-hydroxylation sites is 1. The zero-order chi connectivity index (χ0) is 28.7. The summed E-state index contributed by atoms with van der Waals surface area (Å²) in [5.41, 5.74) is 1.34. The van der Waals surface area contributed by atoms with E-state index in [1.807, 2.05) is 32.9 Å². The minimum atomic E-state index is -4.33. The highest BCUT2D eigenvalue weighted by Gasteiger charge is 2.33. The lowest BCUT2D eigenvalue weighted by Crippen LogP contribution is -2.51. The van der Waals surface area contributed by atoms with E-state index in [0.717, 1.165) is 26.0 Å². The quantitative estimate of drug-likeness (QED) is 0.317. The number of anilines is 1. The molecule has 0 bridgehead atoms. The van der Waals surface area contributed by atoms with Crippen molar-refractivity contribution >= 4 is 43.5 Å². The first-order valence-electron chi connectivity index (χ1n) is 12.6. The molecule has 0 aliphatic carbocycles. The lowest BCUT2D eigenvalue weighted by Gasteiger charge is -2.32. The first-order chi connectivity index (χ1) is 18.4. The number of hydrogen-bond donors (Lipinski definition) is 1. The monoisotopic (exact) mass is 617 g/mol. The summed E-state index contributed by atoms with van der Waals surface area (Å²) < 4.78 is 44.0. The summed E-state index contributed by atoms with van der Waals surface area (Å²) in [6, 6.07) is 17.8.